The zero-order valence-corrected chi connectivity index (χ0v) is 24.9. The van der Waals surface area contributed by atoms with Crippen molar-refractivity contribution >= 4 is 46.2 Å². The van der Waals surface area contributed by atoms with Crippen LogP contribution in [-0.2, 0) is 0 Å². The number of fused-ring (bicyclic) bond motifs is 4. The lowest BCUT2D eigenvalue weighted by Gasteiger charge is -2.40. The molecule has 3 heterocycles. The predicted octanol–water partition coefficient (Wildman–Crippen LogP) is 7.96. The van der Waals surface area contributed by atoms with Crippen LogP contribution < -0.4 is 19.7 Å². The average molecular weight is 589 g/mol. The molecule has 2 aliphatic rings. The van der Waals surface area contributed by atoms with Gasteiger partial charge in [-0.2, -0.15) is 5.10 Å². The van der Waals surface area contributed by atoms with Crippen molar-refractivity contribution in [2.45, 2.75) is 19.9 Å². The lowest BCUT2D eigenvalue weighted by Crippen LogP contribution is -2.46. The second-order valence-corrected chi connectivity index (χ2v) is 10.8. The zero-order valence-electron chi connectivity index (χ0n) is 24.2. The van der Waals surface area contributed by atoms with E-state index in [9.17, 15) is 0 Å². The number of aromatic nitrogens is 2. The summed E-state index contributed by atoms with van der Waals surface area (Å²) in [7, 11) is 3.29. The standard InChI is InChI=1S/C34H29ClN6O2/c1-20-14-16-23(19-25(20)35)36-32-34-38-33-30(21(2)39-41(33)24-10-6-5-7-11-24)31(22-15-17-28(42-3)29(18-22)43-4)40(34)27-13-9-8-12-26(27)37-32/h5-19,31H,1-4H3,(H,36,37). The Morgan fingerprint density at radius 1 is 0.814 bits per heavy atom. The Hall–Kier alpha value is -5.08. The molecule has 0 aliphatic carbocycles. The highest BCUT2D eigenvalue weighted by Gasteiger charge is 2.41. The Labute approximate surface area is 254 Å². The van der Waals surface area contributed by atoms with E-state index in [0.29, 0.717) is 28.2 Å². The van der Waals surface area contributed by atoms with Gasteiger partial charge in [-0.1, -0.05) is 54.1 Å². The van der Waals surface area contributed by atoms with Crippen LogP contribution in [-0.4, -0.2) is 35.7 Å². The first kappa shape index (κ1) is 26.8. The van der Waals surface area contributed by atoms with Crippen molar-refractivity contribution in [1.82, 2.24) is 9.78 Å². The third-order valence-corrected chi connectivity index (χ3v) is 8.20. The van der Waals surface area contributed by atoms with E-state index < -0.39 is 0 Å². The quantitative estimate of drug-likeness (QED) is 0.225. The van der Waals surface area contributed by atoms with Gasteiger partial charge in [-0.25, -0.2) is 14.7 Å². The molecule has 214 valence electrons. The SMILES string of the molecule is COc1ccc(C2c3c(C)nn(-c4ccccc4)c3N=C3C(Nc4ccc(C)c(Cl)c4)=Nc4ccccc4N32)cc1OC. The van der Waals surface area contributed by atoms with Gasteiger partial charge in [-0.3, -0.25) is 0 Å². The van der Waals surface area contributed by atoms with Gasteiger partial charge in [0.05, 0.1) is 43.0 Å². The number of amidine groups is 2. The molecule has 0 amide bonds. The summed E-state index contributed by atoms with van der Waals surface area (Å²) in [5, 5.41) is 9.20. The molecule has 4 aromatic carbocycles. The van der Waals surface area contributed by atoms with E-state index >= 15 is 0 Å². The van der Waals surface area contributed by atoms with Crippen LogP contribution in [0.4, 0.5) is 22.9 Å². The van der Waals surface area contributed by atoms with E-state index in [1.807, 2.05) is 97.4 Å². The second kappa shape index (κ2) is 10.6. The minimum Gasteiger partial charge on any atom is -0.493 e. The third-order valence-electron chi connectivity index (χ3n) is 7.80. The maximum absolute atomic E-state index is 6.51. The maximum Gasteiger partial charge on any atom is 0.179 e. The first-order chi connectivity index (χ1) is 21.0. The van der Waals surface area contributed by atoms with Crippen LogP contribution in [0.15, 0.2) is 101 Å². The largest absolute Gasteiger partial charge is 0.493 e. The second-order valence-electron chi connectivity index (χ2n) is 10.4. The molecular formula is C34H29ClN6O2. The molecule has 1 atom stereocenters. The third kappa shape index (κ3) is 4.51. The van der Waals surface area contributed by atoms with Gasteiger partial charge in [0.1, 0.15) is 0 Å². The molecule has 1 N–H and O–H groups in total. The summed E-state index contributed by atoms with van der Waals surface area (Å²) in [6, 6.07) is 29.8. The highest BCUT2D eigenvalue weighted by molar-refractivity contribution is 6.51. The van der Waals surface area contributed by atoms with Crippen molar-refractivity contribution in [3.8, 4) is 17.2 Å². The van der Waals surface area contributed by atoms with Crippen molar-refractivity contribution in [3.05, 3.63) is 118 Å². The summed E-state index contributed by atoms with van der Waals surface area (Å²) in [6.45, 7) is 4.01. The first-order valence-electron chi connectivity index (χ1n) is 13.9. The van der Waals surface area contributed by atoms with Crippen LogP contribution in [0.2, 0.25) is 5.02 Å². The highest BCUT2D eigenvalue weighted by Crippen LogP contribution is 2.49. The van der Waals surface area contributed by atoms with E-state index in [1.54, 1.807) is 14.2 Å². The molecule has 8 nitrogen and oxygen atoms in total. The molecule has 2 aliphatic heterocycles. The van der Waals surface area contributed by atoms with Gasteiger partial charge in [-0.05, 0) is 73.5 Å². The fourth-order valence-electron chi connectivity index (χ4n) is 5.69. The summed E-state index contributed by atoms with van der Waals surface area (Å²) < 4.78 is 13.2. The van der Waals surface area contributed by atoms with Gasteiger partial charge in [0.15, 0.2) is 29.0 Å². The lowest BCUT2D eigenvalue weighted by atomic mass is 9.93. The van der Waals surface area contributed by atoms with Gasteiger partial charge in [-0.15, -0.1) is 0 Å². The van der Waals surface area contributed by atoms with Crippen molar-refractivity contribution in [3.63, 3.8) is 0 Å². The normalized spacial score (nSPS) is 15.1. The molecule has 0 spiro atoms. The summed E-state index contributed by atoms with van der Waals surface area (Å²) in [5.41, 5.74) is 7.36. The number of nitrogens with one attached hydrogen (secondary N) is 1. The monoisotopic (exact) mass is 588 g/mol. The number of aliphatic imine (C=N–C) groups is 2. The molecule has 0 bridgehead atoms. The number of hydrogen-bond acceptors (Lipinski definition) is 7. The predicted molar refractivity (Wildman–Crippen MR) is 173 cm³/mol. The minimum absolute atomic E-state index is 0.296. The molecule has 9 heteroatoms. The molecular weight excluding hydrogens is 560 g/mol. The summed E-state index contributed by atoms with van der Waals surface area (Å²) in [6.07, 6.45) is 0. The number of anilines is 2. The summed E-state index contributed by atoms with van der Waals surface area (Å²) >= 11 is 6.51. The Balaban J connectivity index is 1.49. The van der Waals surface area contributed by atoms with Crippen LogP contribution in [0.5, 0.6) is 11.5 Å². The molecule has 5 aromatic rings. The molecule has 7 rings (SSSR count). The van der Waals surface area contributed by atoms with Gasteiger partial charge >= 0.3 is 0 Å². The average Bonchev–Trinajstić information content (AvgIpc) is 3.37. The lowest BCUT2D eigenvalue weighted by molar-refractivity contribution is 0.354. The minimum atomic E-state index is -0.296. The Morgan fingerprint density at radius 3 is 2.35 bits per heavy atom. The first-order valence-corrected chi connectivity index (χ1v) is 14.3. The van der Waals surface area contributed by atoms with E-state index in [2.05, 4.69) is 22.3 Å². The number of aryl methyl sites for hydroxylation is 2. The number of rotatable bonds is 5. The van der Waals surface area contributed by atoms with Gasteiger partial charge in [0, 0.05) is 16.3 Å². The topological polar surface area (TPSA) is 76.3 Å². The van der Waals surface area contributed by atoms with Crippen molar-refractivity contribution < 1.29 is 9.47 Å². The maximum atomic E-state index is 6.51. The number of para-hydroxylation sites is 3. The number of nitrogens with zero attached hydrogens (tertiary/aromatic N) is 5. The van der Waals surface area contributed by atoms with Crippen LogP contribution in [0, 0.1) is 13.8 Å². The number of halogens is 1. The van der Waals surface area contributed by atoms with Crippen LogP contribution >= 0.6 is 11.6 Å². The Morgan fingerprint density at radius 2 is 1.58 bits per heavy atom. The molecule has 1 unspecified atom stereocenters. The molecule has 1 aromatic heterocycles. The van der Waals surface area contributed by atoms with E-state index in [-0.39, 0.29) is 6.04 Å². The van der Waals surface area contributed by atoms with Gasteiger partial charge < -0.3 is 19.7 Å². The van der Waals surface area contributed by atoms with E-state index in [4.69, 9.17) is 36.2 Å². The van der Waals surface area contributed by atoms with Crippen molar-refractivity contribution in [1.29, 1.82) is 0 Å². The number of hydrogen-bond donors (Lipinski definition) is 1. The van der Waals surface area contributed by atoms with Crippen molar-refractivity contribution in [2.24, 2.45) is 9.98 Å². The molecule has 0 saturated heterocycles. The Kier molecular flexibility index (Phi) is 6.63. The van der Waals surface area contributed by atoms with E-state index in [1.165, 1.54) is 0 Å². The van der Waals surface area contributed by atoms with Crippen LogP contribution in [0.1, 0.15) is 28.4 Å². The number of benzene rings is 4. The highest BCUT2D eigenvalue weighted by atomic mass is 35.5. The van der Waals surface area contributed by atoms with Gasteiger partial charge in [0.25, 0.3) is 0 Å². The van der Waals surface area contributed by atoms with Gasteiger partial charge in [0.2, 0.25) is 0 Å². The van der Waals surface area contributed by atoms with E-state index in [0.717, 1.165) is 51.0 Å². The molecule has 43 heavy (non-hydrogen) atoms. The Bertz CT molecular complexity index is 1930. The number of methoxy groups -OCH3 is 2. The summed E-state index contributed by atoms with van der Waals surface area (Å²) in [4.78, 5) is 12.6. The fourth-order valence-corrected chi connectivity index (χ4v) is 5.87. The molecule has 0 saturated carbocycles. The smallest absolute Gasteiger partial charge is 0.179 e. The fraction of sp³-hybridized carbons (Fsp3) is 0.147. The van der Waals surface area contributed by atoms with Crippen LogP contribution in [0.25, 0.3) is 5.69 Å². The number of ether oxygens (including phenoxy) is 2. The molecule has 0 fully saturated rings. The summed E-state index contributed by atoms with van der Waals surface area (Å²) in [5.74, 6) is 3.32. The van der Waals surface area contributed by atoms with Crippen LogP contribution in [0.3, 0.4) is 0 Å². The van der Waals surface area contributed by atoms with Crippen molar-refractivity contribution in [2.75, 3.05) is 24.4 Å². The molecule has 0 radical (unpaired) electrons. The zero-order chi connectivity index (χ0) is 29.7.